The maximum atomic E-state index is 13.8. The topological polar surface area (TPSA) is 129 Å². The first-order valence-corrected chi connectivity index (χ1v) is 12.7. The fourth-order valence-corrected chi connectivity index (χ4v) is 8.23. The number of hydrogen-bond acceptors (Lipinski definition) is 9. The fourth-order valence-electron chi connectivity index (χ4n) is 8.23. The van der Waals surface area contributed by atoms with Gasteiger partial charge in [0.25, 0.3) is 0 Å². The third kappa shape index (κ3) is 3.20. The van der Waals surface area contributed by atoms with Crippen LogP contribution in [0.2, 0.25) is 0 Å². The van der Waals surface area contributed by atoms with Crippen LogP contribution in [-0.2, 0) is 33.5 Å². The average Bonchev–Trinajstić information content (AvgIpc) is 3.32. The highest BCUT2D eigenvalue weighted by molar-refractivity contribution is 6.38. The molecule has 0 amide bonds. The van der Waals surface area contributed by atoms with Crippen LogP contribution in [0.25, 0.3) is 0 Å². The van der Waals surface area contributed by atoms with Crippen LogP contribution in [0.5, 0.6) is 0 Å². The van der Waals surface area contributed by atoms with Gasteiger partial charge in [0.2, 0.25) is 11.4 Å². The minimum atomic E-state index is -1.55. The summed E-state index contributed by atoms with van der Waals surface area (Å²) in [6.07, 6.45) is 6.59. The van der Waals surface area contributed by atoms with Gasteiger partial charge in [0.1, 0.15) is 0 Å². The van der Waals surface area contributed by atoms with Gasteiger partial charge in [-0.15, -0.1) is 0 Å². The normalized spacial score (nSPS) is 42.1. The van der Waals surface area contributed by atoms with Crippen LogP contribution in [0.3, 0.4) is 0 Å². The minimum absolute atomic E-state index is 0.0230. The summed E-state index contributed by atoms with van der Waals surface area (Å²) < 4.78 is 10.3. The van der Waals surface area contributed by atoms with Crippen LogP contribution in [0.4, 0.5) is 0 Å². The van der Waals surface area contributed by atoms with Crippen LogP contribution < -0.4 is 0 Å². The van der Waals surface area contributed by atoms with Crippen molar-refractivity contribution in [3.05, 3.63) is 23.8 Å². The summed E-state index contributed by atoms with van der Waals surface area (Å²) >= 11 is 0. The monoisotopic (exact) mass is 499 g/mol. The molecule has 1 N–H and O–H groups in total. The number of esters is 2. The van der Waals surface area contributed by atoms with Gasteiger partial charge in [0.05, 0.1) is 18.6 Å². The van der Waals surface area contributed by atoms with Crippen molar-refractivity contribution in [3.63, 3.8) is 0 Å². The van der Waals surface area contributed by atoms with Crippen molar-refractivity contribution in [2.24, 2.45) is 39.7 Å². The smallest absolute Gasteiger partial charge is 0.356 e. The lowest BCUT2D eigenvalue weighted by molar-refractivity contribution is -0.193. The highest BCUT2D eigenvalue weighted by Gasteiger charge is 2.77. The molecular weight excluding hydrogens is 466 g/mol. The Morgan fingerprint density at radius 1 is 1.25 bits per heavy atom. The quantitative estimate of drug-likeness (QED) is 0.571. The van der Waals surface area contributed by atoms with Crippen LogP contribution in [-0.4, -0.2) is 59.2 Å². The number of rotatable bonds is 5. The Labute approximate surface area is 209 Å². The molecule has 0 aromatic rings. The van der Waals surface area contributed by atoms with E-state index in [1.54, 1.807) is 19.1 Å². The van der Waals surface area contributed by atoms with Gasteiger partial charge in [0, 0.05) is 23.7 Å². The molecule has 9 nitrogen and oxygen atoms in total. The molecule has 0 aromatic carbocycles. The Balaban J connectivity index is 1.57. The molecule has 36 heavy (non-hydrogen) atoms. The number of nitrogens with zero attached hydrogens (tertiary/aromatic N) is 1. The molecule has 0 bridgehead atoms. The van der Waals surface area contributed by atoms with Crippen molar-refractivity contribution < 1.29 is 38.6 Å². The number of aliphatic hydroxyl groups excluding tert-OH is 1. The highest BCUT2D eigenvalue weighted by atomic mass is 16.7. The van der Waals surface area contributed by atoms with Crippen LogP contribution in [0.1, 0.15) is 53.4 Å². The number of aliphatic hydroxyl groups is 1. The Bertz CT molecular complexity index is 1120. The first-order valence-electron chi connectivity index (χ1n) is 12.7. The molecule has 1 heterocycles. The SMILES string of the molecule is CCOC(=O)C1=NO[C@]2(C(=O)COC(C)=O)[C@H]1CC1C3CCC4=CC(=O)C=C[C@]4(C)[C@H]3[C@@H](O)C[C@@]12C. The Hall–Kier alpha value is -2.81. The second-order valence-corrected chi connectivity index (χ2v) is 11.2. The number of oxime groups is 1. The molecule has 194 valence electrons. The van der Waals surface area contributed by atoms with Gasteiger partial charge in [0.15, 0.2) is 18.1 Å². The van der Waals surface area contributed by atoms with Crippen molar-refractivity contribution >= 4 is 29.2 Å². The molecule has 0 radical (unpaired) electrons. The lowest BCUT2D eigenvalue weighted by Gasteiger charge is -2.59. The number of carbonyl (C=O) groups is 4. The molecule has 0 saturated heterocycles. The summed E-state index contributed by atoms with van der Waals surface area (Å²) in [7, 11) is 0. The number of hydrogen-bond donors (Lipinski definition) is 1. The summed E-state index contributed by atoms with van der Waals surface area (Å²) in [6.45, 7) is 6.58. The Kier molecular flexibility index (Phi) is 5.78. The van der Waals surface area contributed by atoms with Gasteiger partial charge in [-0.05, 0) is 56.6 Å². The molecule has 1 aliphatic heterocycles. The second-order valence-electron chi connectivity index (χ2n) is 11.2. The molecule has 9 heteroatoms. The van der Waals surface area contributed by atoms with E-state index in [9.17, 15) is 24.3 Å². The van der Waals surface area contributed by atoms with E-state index in [1.165, 1.54) is 6.92 Å². The summed E-state index contributed by atoms with van der Waals surface area (Å²) in [5.41, 5.74) is -1.78. The number of allylic oxidation sites excluding steroid dienone is 4. The zero-order valence-electron chi connectivity index (χ0n) is 21.1. The molecule has 8 atom stereocenters. The first-order chi connectivity index (χ1) is 17.0. The second kappa shape index (κ2) is 8.36. The van der Waals surface area contributed by atoms with Crippen LogP contribution in [0.15, 0.2) is 29.0 Å². The van der Waals surface area contributed by atoms with Crippen molar-refractivity contribution in [2.75, 3.05) is 13.2 Å². The maximum Gasteiger partial charge on any atom is 0.356 e. The van der Waals surface area contributed by atoms with E-state index in [-0.39, 0.29) is 42.3 Å². The molecule has 4 aliphatic carbocycles. The maximum absolute atomic E-state index is 13.8. The lowest BCUT2D eigenvalue weighted by Crippen LogP contribution is -2.63. The van der Waals surface area contributed by atoms with E-state index in [2.05, 4.69) is 12.1 Å². The molecular formula is C27H33NO8. The summed E-state index contributed by atoms with van der Waals surface area (Å²) in [4.78, 5) is 56.1. The summed E-state index contributed by atoms with van der Waals surface area (Å²) in [5.74, 6) is -2.59. The van der Waals surface area contributed by atoms with Gasteiger partial charge in [-0.25, -0.2) is 4.79 Å². The van der Waals surface area contributed by atoms with Crippen molar-refractivity contribution in [2.45, 2.75) is 65.1 Å². The first kappa shape index (κ1) is 24.9. The van der Waals surface area contributed by atoms with E-state index in [0.717, 1.165) is 12.0 Å². The van der Waals surface area contributed by atoms with Gasteiger partial charge >= 0.3 is 11.9 Å². The summed E-state index contributed by atoms with van der Waals surface area (Å²) in [6, 6.07) is 0. The zero-order valence-corrected chi connectivity index (χ0v) is 21.1. The summed E-state index contributed by atoms with van der Waals surface area (Å²) in [5, 5.41) is 15.7. The number of ether oxygens (including phenoxy) is 2. The highest BCUT2D eigenvalue weighted by Crippen LogP contribution is 2.70. The number of fused-ring (bicyclic) bond motifs is 7. The third-order valence-corrected chi connectivity index (χ3v) is 9.64. The number of ketones is 2. The molecule has 0 aromatic heterocycles. The molecule has 5 rings (SSSR count). The van der Waals surface area contributed by atoms with Crippen LogP contribution >= 0.6 is 0 Å². The molecule has 2 unspecified atom stereocenters. The van der Waals surface area contributed by atoms with Crippen molar-refractivity contribution in [3.8, 4) is 0 Å². The predicted octanol–water partition coefficient (Wildman–Crippen LogP) is 2.31. The third-order valence-electron chi connectivity index (χ3n) is 9.64. The largest absolute Gasteiger partial charge is 0.461 e. The molecule has 3 saturated carbocycles. The molecule has 0 spiro atoms. The van der Waals surface area contributed by atoms with Crippen molar-refractivity contribution in [1.82, 2.24) is 0 Å². The Morgan fingerprint density at radius 3 is 2.69 bits per heavy atom. The van der Waals surface area contributed by atoms with E-state index in [0.29, 0.717) is 12.8 Å². The van der Waals surface area contributed by atoms with E-state index in [1.807, 2.05) is 13.0 Å². The van der Waals surface area contributed by atoms with Crippen molar-refractivity contribution in [1.29, 1.82) is 0 Å². The average molecular weight is 500 g/mol. The molecule has 5 aliphatic rings. The number of carbonyl (C=O) groups excluding carboxylic acids is 4. The minimum Gasteiger partial charge on any atom is -0.461 e. The van der Waals surface area contributed by atoms with Gasteiger partial charge in [-0.1, -0.05) is 30.7 Å². The van der Waals surface area contributed by atoms with E-state index < -0.39 is 52.8 Å². The lowest BCUT2D eigenvalue weighted by atomic mass is 9.46. The predicted molar refractivity (Wildman–Crippen MR) is 126 cm³/mol. The van der Waals surface area contributed by atoms with Gasteiger partial charge in [-0.2, -0.15) is 0 Å². The zero-order chi connectivity index (χ0) is 26.0. The van der Waals surface area contributed by atoms with Gasteiger partial charge < -0.3 is 19.4 Å². The fraction of sp³-hybridized carbons (Fsp3) is 0.667. The van der Waals surface area contributed by atoms with Crippen LogP contribution in [0, 0.1) is 34.5 Å². The number of Topliss-reactive ketones (excluding diaryl/α,β-unsaturated/α-hetero) is 1. The standard InChI is InChI=1S/C27H33NO8/c1-5-34-24(33)23-19-11-18-17-7-6-15-10-16(30)8-9-25(15,3)22(17)20(31)12-26(18,4)27(19,36-28-23)21(32)13-35-14(2)29/h8-10,17-20,22,31H,5-7,11-13H2,1-4H3/t17?,18?,19-,20-,22+,25-,26-,27-/m0/s1. The molecule has 3 fully saturated rings. The Morgan fingerprint density at radius 2 is 2.00 bits per heavy atom. The van der Waals surface area contributed by atoms with E-state index in [4.69, 9.17) is 14.3 Å². The van der Waals surface area contributed by atoms with Gasteiger partial charge in [-0.3, -0.25) is 14.4 Å². The van der Waals surface area contributed by atoms with E-state index >= 15 is 0 Å².